The third-order valence-electron chi connectivity index (χ3n) is 5.41. The van der Waals surface area contributed by atoms with Gasteiger partial charge in [0.05, 0.1) is 16.3 Å². The van der Waals surface area contributed by atoms with Gasteiger partial charge in [0.15, 0.2) is 0 Å². The van der Waals surface area contributed by atoms with Crippen LogP contribution in [0.4, 0.5) is 10.1 Å². The molecule has 1 heterocycles. The summed E-state index contributed by atoms with van der Waals surface area (Å²) in [5, 5.41) is 7.36. The summed E-state index contributed by atoms with van der Waals surface area (Å²) in [6.07, 6.45) is 0.665. The summed E-state index contributed by atoms with van der Waals surface area (Å²) in [6.45, 7) is 4.42. The van der Waals surface area contributed by atoms with E-state index >= 15 is 0 Å². The molecule has 3 aromatic carbocycles. The lowest BCUT2D eigenvalue weighted by Gasteiger charge is -2.10. The SMILES string of the molecule is Cc1cc(C)n(-c2ccc(CCNC(=O)c3ccc(NS(=O)(=O)c4ccc(F)cc4)cc3)cc2)n1. The lowest BCUT2D eigenvalue weighted by molar-refractivity contribution is 0.0954. The van der Waals surface area contributed by atoms with Crippen LogP contribution in [0.25, 0.3) is 5.69 Å². The normalized spacial score (nSPS) is 11.3. The van der Waals surface area contributed by atoms with Gasteiger partial charge < -0.3 is 5.32 Å². The molecule has 0 bridgehead atoms. The molecule has 2 N–H and O–H groups in total. The summed E-state index contributed by atoms with van der Waals surface area (Å²) in [5.74, 6) is -0.770. The van der Waals surface area contributed by atoms with Crippen LogP contribution in [0.5, 0.6) is 0 Å². The number of carbonyl (C=O) groups is 1. The van der Waals surface area contributed by atoms with E-state index in [9.17, 15) is 17.6 Å². The number of nitrogens with one attached hydrogen (secondary N) is 2. The number of sulfonamides is 1. The molecular formula is C26H25FN4O3S. The molecule has 1 aromatic heterocycles. The molecule has 0 spiro atoms. The van der Waals surface area contributed by atoms with Gasteiger partial charge in [-0.25, -0.2) is 17.5 Å². The number of halogens is 1. The van der Waals surface area contributed by atoms with Crippen LogP contribution in [-0.2, 0) is 16.4 Å². The maximum Gasteiger partial charge on any atom is 0.261 e. The van der Waals surface area contributed by atoms with Crippen LogP contribution in [0.15, 0.2) is 83.8 Å². The fraction of sp³-hybridized carbons (Fsp3) is 0.154. The van der Waals surface area contributed by atoms with Gasteiger partial charge in [-0.3, -0.25) is 9.52 Å². The molecule has 0 atom stereocenters. The van der Waals surface area contributed by atoms with Gasteiger partial charge >= 0.3 is 0 Å². The summed E-state index contributed by atoms with van der Waals surface area (Å²) in [7, 11) is -3.85. The number of hydrogen-bond acceptors (Lipinski definition) is 4. The van der Waals surface area contributed by atoms with Crippen molar-refractivity contribution in [2.75, 3.05) is 11.3 Å². The number of benzene rings is 3. The van der Waals surface area contributed by atoms with Gasteiger partial charge in [0, 0.05) is 23.5 Å². The molecule has 0 saturated carbocycles. The van der Waals surface area contributed by atoms with E-state index in [2.05, 4.69) is 15.1 Å². The Kier molecular flexibility index (Phi) is 6.97. The summed E-state index contributed by atoms with van der Waals surface area (Å²) >= 11 is 0. The van der Waals surface area contributed by atoms with Crippen molar-refractivity contribution >= 4 is 21.6 Å². The van der Waals surface area contributed by atoms with Gasteiger partial charge in [-0.05, 0) is 92.6 Å². The Morgan fingerprint density at radius 2 is 1.60 bits per heavy atom. The van der Waals surface area contributed by atoms with Crippen molar-refractivity contribution in [3.63, 3.8) is 0 Å². The summed E-state index contributed by atoms with van der Waals surface area (Å²) in [6, 6.07) is 20.7. The summed E-state index contributed by atoms with van der Waals surface area (Å²) in [4.78, 5) is 12.4. The fourth-order valence-electron chi connectivity index (χ4n) is 3.63. The zero-order valence-corrected chi connectivity index (χ0v) is 20.1. The van der Waals surface area contributed by atoms with Crippen LogP contribution in [0.2, 0.25) is 0 Å². The second kappa shape index (κ2) is 10.1. The molecule has 180 valence electrons. The van der Waals surface area contributed by atoms with Crippen LogP contribution in [0.1, 0.15) is 27.3 Å². The monoisotopic (exact) mass is 492 g/mol. The highest BCUT2D eigenvalue weighted by molar-refractivity contribution is 7.92. The predicted octanol–water partition coefficient (Wildman–Crippen LogP) is 4.40. The van der Waals surface area contributed by atoms with Crippen LogP contribution >= 0.6 is 0 Å². The average molecular weight is 493 g/mol. The predicted molar refractivity (Wildman–Crippen MR) is 133 cm³/mol. The number of carbonyl (C=O) groups excluding carboxylic acids is 1. The first-order valence-corrected chi connectivity index (χ1v) is 12.5. The number of anilines is 1. The Bertz CT molecular complexity index is 1430. The van der Waals surface area contributed by atoms with Gasteiger partial charge in [0.1, 0.15) is 5.82 Å². The number of hydrogen-bond donors (Lipinski definition) is 2. The molecule has 7 nitrogen and oxygen atoms in total. The Hall–Kier alpha value is -3.98. The standard InChI is InChI=1S/C26H25FN4O3S/c1-18-17-19(2)31(29-18)24-11-3-20(4-12-24)15-16-28-26(32)21-5-9-23(10-6-21)30-35(33,34)25-13-7-22(27)8-14-25/h3-14,17,30H,15-16H2,1-2H3,(H,28,32). The Morgan fingerprint density at radius 1 is 0.943 bits per heavy atom. The molecule has 0 saturated heterocycles. The molecular weight excluding hydrogens is 467 g/mol. The van der Waals surface area contributed by atoms with E-state index in [1.165, 1.54) is 24.3 Å². The van der Waals surface area contributed by atoms with Crippen molar-refractivity contribution in [3.8, 4) is 5.69 Å². The van der Waals surface area contributed by atoms with E-state index in [1.807, 2.05) is 48.9 Å². The molecule has 0 aliphatic heterocycles. The van der Waals surface area contributed by atoms with Crippen LogP contribution in [-0.4, -0.2) is 30.7 Å². The van der Waals surface area contributed by atoms with Crippen molar-refractivity contribution in [2.24, 2.45) is 0 Å². The summed E-state index contributed by atoms with van der Waals surface area (Å²) in [5.41, 5.74) is 4.81. The molecule has 1 amide bonds. The van der Waals surface area contributed by atoms with Crippen molar-refractivity contribution in [2.45, 2.75) is 25.2 Å². The van der Waals surface area contributed by atoms with Crippen molar-refractivity contribution in [1.82, 2.24) is 15.1 Å². The van der Waals surface area contributed by atoms with E-state index < -0.39 is 15.8 Å². The van der Waals surface area contributed by atoms with E-state index in [4.69, 9.17) is 0 Å². The minimum atomic E-state index is -3.85. The Morgan fingerprint density at radius 3 is 2.20 bits per heavy atom. The van der Waals surface area contributed by atoms with Gasteiger partial charge in [-0.2, -0.15) is 5.10 Å². The number of aromatic nitrogens is 2. The summed E-state index contributed by atoms with van der Waals surface area (Å²) < 4.78 is 42.2. The lowest BCUT2D eigenvalue weighted by Crippen LogP contribution is -2.25. The zero-order chi connectivity index (χ0) is 25.0. The van der Waals surface area contributed by atoms with E-state index in [0.29, 0.717) is 24.2 Å². The molecule has 0 unspecified atom stereocenters. The highest BCUT2D eigenvalue weighted by Gasteiger charge is 2.14. The van der Waals surface area contributed by atoms with Gasteiger partial charge in [-0.1, -0.05) is 12.1 Å². The van der Waals surface area contributed by atoms with Crippen LogP contribution in [0.3, 0.4) is 0 Å². The van der Waals surface area contributed by atoms with Crippen molar-refractivity contribution in [3.05, 3.63) is 107 Å². The Balaban J connectivity index is 1.30. The highest BCUT2D eigenvalue weighted by Crippen LogP contribution is 2.17. The first-order chi connectivity index (χ1) is 16.7. The fourth-order valence-corrected chi connectivity index (χ4v) is 4.69. The van der Waals surface area contributed by atoms with Crippen LogP contribution in [0, 0.1) is 19.7 Å². The minimum Gasteiger partial charge on any atom is -0.352 e. The van der Waals surface area contributed by atoms with Crippen LogP contribution < -0.4 is 10.0 Å². The van der Waals surface area contributed by atoms with Gasteiger partial charge in [-0.15, -0.1) is 0 Å². The number of nitrogens with zero attached hydrogens (tertiary/aromatic N) is 2. The maximum atomic E-state index is 13.0. The highest BCUT2D eigenvalue weighted by atomic mass is 32.2. The molecule has 0 radical (unpaired) electrons. The largest absolute Gasteiger partial charge is 0.352 e. The minimum absolute atomic E-state index is 0.0522. The molecule has 0 aliphatic carbocycles. The third-order valence-corrected chi connectivity index (χ3v) is 6.81. The van der Waals surface area contributed by atoms with E-state index in [0.717, 1.165) is 34.8 Å². The van der Waals surface area contributed by atoms with Crippen molar-refractivity contribution < 1.29 is 17.6 Å². The molecule has 35 heavy (non-hydrogen) atoms. The smallest absolute Gasteiger partial charge is 0.261 e. The topological polar surface area (TPSA) is 93.1 Å². The Labute approximate surface area is 203 Å². The molecule has 4 aromatic rings. The second-order valence-corrected chi connectivity index (χ2v) is 9.83. The first kappa shape index (κ1) is 24.2. The number of aryl methyl sites for hydroxylation is 2. The molecule has 9 heteroatoms. The van der Waals surface area contributed by atoms with E-state index in [-0.39, 0.29) is 10.8 Å². The van der Waals surface area contributed by atoms with Crippen molar-refractivity contribution in [1.29, 1.82) is 0 Å². The number of rotatable bonds is 8. The quantitative estimate of drug-likeness (QED) is 0.381. The van der Waals surface area contributed by atoms with Gasteiger partial charge in [0.25, 0.3) is 15.9 Å². The molecule has 4 rings (SSSR count). The first-order valence-electron chi connectivity index (χ1n) is 11.0. The maximum absolute atomic E-state index is 13.0. The lowest BCUT2D eigenvalue weighted by atomic mass is 10.1. The van der Waals surface area contributed by atoms with Gasteiger partial charge in [0.2, 0.25) is 0 Å². The third kappa shape index (κ3) is 5.93. The molecule has 0 aliphatic rings. The second-order valence-electron chi connectivity index (χ2n) is 8.15. The average Bonchev–Trinajstić information content (AvgIpc) is 3.17. The zero-order valence-electron chi connectivity index (χ0n) is 19.3. The number of amides is 1. The molecule has 0 fully saturated rings. The van der Waals surface area contributed by atoms with E-state index in [1.54, 1.807) is 12.1 Å².